The largest absolute Gasteiger partial charge is 0.378 e. The van der Waals surface area contributed by atoms with Crippen molar-refractivity contribution in [2.45, 2.75) is 13.0 Å². The van der Waals surface area contributed by atoms with Gasteiger partial charge in [0.25, 0.3) is 5.89 Å². The Morgan fingerprint density at radius 2 is 2.11 bits per heavy atom. The van der Waals surface area contributed by atoms with E-state index in [0.717, 1.165) is 18.7 Å². The molecule has 0 radical (unpaired) electrons. The van der Waals surface area contributed by atoms with Crippen LogP contribution in [0.25, 0.3) is 11.5 Å². The van der Waals surface area contributed by atoms with Gasteiger partial charge < -0.3 is 14.6 Å². The number of aromatic nitrogens is 2. The maximum Gasteiger partial charge on any atom is 0.257 e. The second-order valence-corrected chi connectivity index (χ2v) is 4.41. The summed E-state index contributed by atoms with van der Waals surface area (Å²) < 4.78 is 10.7. The van der Waals surface area contributed by atoms with E-state index in [0.29, 0.717) is 18.3 Å². The van der Waals surface area contributed by atoms with Crippen LogP contribution in [0.1, 0.15) is 17.4 Å². The van der Waals surface area contributed by atoms with E-state index in [4.69, 9.17) is 9.26 Å². The molecule has 0 aliphatic carbocycles. The van der Waals surface area contributed by atoms with Gasteiger partial charge in [0.2, 0.25) is 0 Å². The summed E-state index contributed by atoms with van der Waals surface area (Å²) in [5, 5.41) is 7.31. The van der Waals surface area contributed by atoms with Crippen LogP contribution in [0.5, 0.6) is 0 Å². The molecule has 5 heteroatoms. The van der Waals surface area contributed by atoms with Crippen LogP contribution < -0.4 is 5.32 Å². The molecule has 1 aliphatic heterocycles. The van der Waals surface area contributed by atoms with Crippen LogP contribution in [0.15, 0.2) is 28.8 Å². The molecule has 2 heterocycles. The number of morpholine rings is 1. The highest BCUT2D eigenvalue weighted by Gasteiger charge is 2.21. The van der Waals surface area contributed by atoms with Crippen molar-refractivity contribution >= 4 is 0 Å². The summed E-state index contributed by atoms with van der Waals surface area (Å²) in [6.07, 6.45) is 0. The minimum atomic E-state index is 0.0294. The van der Waals surface area contributed by atoms with Crippen LogP contribution >= 0.6 is 0 Å². The molecule has 2 aromatic rings. The Labute approximate surface area is 105 Å². The minimum absolute atomic E-state index is 0.0294. The van der Waals surface area contributed by atoms with Gasteiger partial charge in [-0.2, -0.15) is 4.98 Å². The second kappa shape index (κ2) is 4.88. The third-order valence-electron chi connectivity index (χ3n) is 2.97. The lowest BCUT2D eigenvalue weighted by molar-refractivity contribution is 0.0734. The van der Waals surface area contributed by atoms with Crippen LogP contribution in [0.4, 0.5) is 0 Å². The highest BCUT2D eigenvalue weighted by atomic mass is 16.5. The average Bonchev–Trinajstić information content (AvgIpc) is 2.90. The van der Waals surface area contributed by atoms with E-state index in [-0.39, 0.29) is 6.04 Å². The van der Waals surface area contributed by atoms with Gasteiger partial charge in [-0.05, 0) is 19.1 Å². The number of hydrogen-bond donors (Lipinski definition) is 1. The lowest BCUT2D eigenvalue weighted by Crippen LogP contribution is -2.35. The first-order chi connectivity index (χ1) is 8.83. The Morgan fingerprint density at radius 1 is 1.28 bits per heavy atom. The van der Waals surface area contributed by atoms with Crippen molar-refractivity contribution in [2.24, 2.45) is 0 Å². The fourth-order valence-corrected chi connectivity index (χ4v) is 1.92. The van der Waals surface area contributed by atoms with Crippen molar-refractivity contribution in [2.75, 3.05) is 19.8 Å². The Balaban J connectivity index is 1.82. The van der Waals surface area contributed by atoms with Crippen molar-refractivity contribution in [3.05, 3.63) is 35.7 Å². The summed E-state index contributed by atoms with van der Waals surface area (Å²) in [5.74, 6) is 1.21. The number of hydrogen-bond acceptors (Lipinski definition) is 5. The monoisotopic (exact) mass is 245 g/mol. The average molecular weight is 245 g/mol. The number of rotatable bonds is 2. The first-order valence-corrected chi connectivity index (χ1v) is 6.05. The normalized spacial score (nSPS) is 19.9. The molecular weight excluding hydrogens is 230 g/mol. The van der Waals surface area contributed by atoms with E-state index in [1.807, 2.05) is 31.2 Å². The van der Waals surface area contributed by atoms with Gasteiger partial charge in [-0.15, -0.1) is 0 Å². The van der Waals surface area contributed by atoms with Crippen LogP contribution in [0.2, 0.25) is 0 Å². The molecule has 0 unspecified atom stereocenters. The fraction of sp³-hybridized carbons (Fsp3) is 0.385. The molecule has 3 rings (SSSR count). The van der Waals surface area contributed by atoms with Gasteiger partial charge in [0, 0.05) is 12.1 Å². The Hall–Kier alpha value is -1.72. The van der Waals surface area contributed by atoms with E-state index >= 15 is 0 Å². The first kappa shape index (κ1) is 11.4. The van der Waals surface area contributed by atoms with Gasteiger partial charge in [0.15, 0.2) is 5.82 Å². The number of aryl methyl sites for hydroxylation is 1. The van der Waals surface area contributed by atoms with Crippen molar-refractivity contribution in [3.8, 4) is 11.5 Å². The van der Waals surface area contributed by atoms with Crippen molar-refractivity contribution in [3.63, 3.8) is 0 Å². The van der Waals surface area contributed by atoms with Gasteiger partial charge in [0.1, 0.15) is 0 Å². The summed E-state index contributed by atoms with van der Waals surface area (Å²) in [7, 11) is 0. The van der Waals surface area contributed by atoms with Gasteiger partial charge in [-0.1, -0.05) is 22.9 Å². The molecule has 1 aromatic carbocycles. The molecule has 1 N–H and O–H groups in total. The van der Waals surface area contributed by atoms with Crippen LogP contribution in [-0.4, -0.2) is 29.9 Å². The fourth-order valence-electron chi connectivity index (χ4n) is 1.92. The predicted molar refractivity (Wildman–Crippen MR) is 66.0 cm³/mol. The minimum Gasteiger partial charge on any atom is -0.378 e. The van der Waals surface area contributed by atoms with E-state index in [1.165, 1.54) is 5.56 Å². The maximum absolute atomic E-state index is 5.38. The second-order valence-electron chi connectivity index (χ2n) is 4.41. The predicted octanol–water partition coefficient (Wildman–Crippen LogP) is 1.71. The summed E-state index contributed by atoms with van der Waals surface area (Å²) >= 11 is 0. The Bertz CT molecular complexity index is 515. The summed E-state index contributed by atoms with van der Waals surface area (Å²) in [4.78, 5) is 4.41. The zero-order chi connectivity index (χ0) is 12.4. The third kappa shape index (κ3) is 2.27. The molecule has 1 aromatic heterocycles. The molecule has 0 bridgehead atoms. The zero-order valence-corrected chi connectivity index (χ0v) is 10.2. The van der Waals surface area contributed by atoms with Crippen molar-refractivity contribution in [1.82, 2.24) is 15.5 Å². The van der Waals surface area contributed by atoms with Crippen LogP contribution in [0.3, 0.4) is 0 Å². The molecule has 1 fully saturated rings. The molecule has 0 saturated carbocycles. The van der Waals surface area contributed by atoms with Gasteiger partial charge in [0.05, 0.1) is 19.3 Å². The number of nitrogens with zero attached hydrogens (tertiary/aromatic N) is 2. The maximum atomic E-state index is 5.38. The smallest absolute Gasteiger partial charge is 0.257 e. The lowest BCUT2D eigenvalue weighted by atomic mass is 10.1. The zero-order valence-electron chi connectivity index (χ0n) is 10.2. The number of ether oxygens (including phenoxy) is 1. The molecule has 0 amide bonds. The van der Waals surface area contributed by atoms with Crippen molar-refractivity contribution in [1.29, 1.82) is 0 Å². The molecule has 18 heavy (non-hydrogen) atoms. The quantitative estimate of drug-likeness (QED) is 0.872. The van der Waals surface area contributed by atoms with E-state index < -0.39 is 0 Å². The molecule has 5 nitrogen and oxygen atoms in total. The SMILES string of the molecule is Cc1ccc(-c2nc([C@H]3COCCN3)no2)cc1. The van der Waals surface area contributed by atoms with Crippen molar-refractivity contribution < 1.29 is 9.26 Å². The highest BCUT2D eigenvalue weighted by molar-refractivity contribution is 5.53. The molecule has 1 atom stereocenters. The van der Waals surface area contributed by atoms with Crippen LogP contribution in [0, 0.1) is 6.92 Å². The summed E-state index contributed by atoms with van der Waals surface area (Å²) in [5.41, 5.74) is 2.15. The molecule has 0 spiro atoms. The van der Waals surface area contributed by atoms with E-state index in [1.54, 1.807) is 0 Å². The molecular formula is C13H15N3O2. The molecule has 1 aliphatic rings. The Morgan fingerprint density at radius 3 is 2.83 bits per heavy atom. The standard InChI is InChI=1S/C13H15N3O2/c1-9-2-4-10(5-3-9)13-15-12(16-18-13)11-8-17-7-6-14-11/h2-5,11,14H,6-8H2,1H3/t11-/m1/s1. The molecule has 94 valence electrons. The topological polar surface area (TPSA) is 60.2 Å². The van der Waals surface area contributed by atoms with Gasteiger partial charge in [-0.3, -0.25) is 0 Å². The van der Waals surface area contributed by atoms with Gasteiger partial charge in [-0.25, -0.2) is 0 Å². The highest BCUT2D eigenvalue weighted by Crippen LogP contribution is 2.20. The van der Waals surface area contributed by atoms with Crippen LogP contribution in [-0.2, 0) is 4.74 Å². The third-order valence-corrected chi connectivity index (χ3v) is 2.97. The summed E-state index contributed by atoms with van der Waals surface area (Å²) in [6, 6.07) is 8.05. The lowest BCUT2D eigenvalue weighted by Gasteiger charge is -2.20. The summed E-state index contributed by atoms with van der Waals surface area (Å²) in [6.45, 7) is 4.19. The molecule has 1 saturated heterocycles. The number of nitrogens with one attached hydrogen (secondary N) is 1. The van der Waals surface area contributed by atoms with E-state index in [9.17, 15) is 0 Å². The first-order valence-electron chi connectivity index (χ1n) is 6.05. The number of benzene rings is 1. The van der Waals surface area contributed by atoms with Gasteiger partial charge >= 0.3 is 0 Å². The Kier molecular flexibility index (Phi) is 3.08. The van der Waals surface area contributed by atoms with E-state index in [2.05, 4.69) is 15.5 Å².